The third-order valence-electron chi connectivity index (χ3n) is 4.00. The maximum absolute atomic E-state index is 12.3. The molecular weight excluding hydrogens is 379 g/mol. The molecule has 2 unspecified atom stereocenters. The van der Waals surface area contributed by atoms with Gasteiger partial charge in [0.25, 0.3) is 0 Å². The lowest BCUT2D eigenvalue weighted by Gasteiger charge is -2.22. The van der Waals surface area contributed by atoms with E-state index < -0.39 is 17.9 Å². The average molecular weight is 399 g/mol. The standard InChI is InChI=1S/C17H20Cl2N4O3/c1-10(16(24)25)9-22(3)17(26)21-15-6-7-20-23(15)11(2)13-8-12(18)4-5-14(13)19/h4-8,10-11H,9H2,1-3H3,(H,21,26)(H,24,25). The van der Waals surface area contributed by atoms with Gasteiger partial charge in [-0.1, -0.05) is 30.1 Å². The molecule has 1 aromatic carbocycles. The van der Waals surface area contributed by atoms with Gasteiger partial charge in [0.2, 0.25) is 0 Å². The number of urea groups is 1. The molecule has 7 nitrogen and oxygen atoms in total. The van der Waals surface area contributed by atoms with Gasteiger partial charge >= 0.3 is 12.0 Å². The number of carbonyl (C=O) groups excluding carboxylic acids is 1. The minimum absolute atomic E-state index is 0.0883. The van der Waals surface area contributed by atoms with Gasteiger partial charge in [0.05, 0.1) is 18.2 Å². The van der Waals surface area contributed by atoms with Gasteiger partial charge in [0.1, 0.15) is 5.82 Å². The molecule has 2 amide bonds. The lowest BCUT2D eigenvalue weighted by atomic mass is 10.1. The van der Waals surface area contributed by atoms with Crippen molar-refractivity contribution in [3.8, 4) is 0 Å². The Morgan fingerprint density at radius 3 is 2.65 bits per heavy atom. The molecule has 0 radical (unpaired) electrons. The predicted molar refractivity (Wildman–Crippen MR) is 101 cm³/mol. The van der Waals surface area contributed by atoms with Crippen LogP contribution in [0, 0.1) is 5.92 Å². The second kappa shape index (κ2) is 8.42. The van der Waals surface area contributed by atoms with Crippen LogP contribution in [0.15, 0.2) is 30.5 Å². The van der Waals surface area contributed by atoms with Crippen LogP contribution in [0.1, 0.15) is 25.5 Å². The van der Waals surface area contributed by atoms with E-state index in [9.17, 15) is 9.59 Å². The molecule has 2 N–H and O–H groups in total. The molecule has 0 spiro atoms. The zero-order valence-corrected chi connectivity index (χ0v) is 16.1. The Morgan fingerprint density at radius 1 is 1.31 bits per heavy atom. The molecule has 0 fully saturated rings. The monoisotopic (exact) mass is 398 g/mol. The van der Waals surface area contributed by atoms with Gasteiger partial charge in [-0.15, -0.1) is 0 Å². The smallest absolute Gasteiger partial charge is 0.322 e. The van der Waals surface area contributed by atoms with Crippen molar-refractivity contribution in [2.45, 2.75) is 19.9 Å². The zero-order valence-electron chi connectivity index (χ0n) is 14.6. The first-order chi connectivity index (χ1) is 12.2. The summed E-state index contributed by atoms with van der Waals surface area (Å²) in [5.74, 6) is -1.16. The second-order valence-corrected chi connectivity index (χ2v) is 6.90. The first-order valence-corrected chi connectivity index (χ1v) is 8.69. The number of carboxylic acids is 1. The summed E-state index contributed by atoms with van der Waals surface area (Å²) < 4.78 is 1.61. The van der Waals surface area contributed by atoms with Crippen LogP contribution >= 0.6 is 23.2 Å². The van der Waals surface area contributed by atoms with E-state index >= 15 is 0 Å². The number of rotatable bonds is 6. The number of halogens is 2. The van der Waals surface area contributed by atoms with E-state index in [0.29, 0.717) is 15.9 Å². The molecular formula is C17H20Cl2N4O3. The van der Waals surface area contributed by atoms with E-state index in [1.54, 1.807) is 42.1 Å². The summed E-state index contributed by atoms with van der Waals surface area (Å²) in [5, 5.41) is 17.1. The van der Waals surface area contributed by atoms with Gasteiger partial charge in [0, 0.05) is 29.7 Å². The number of hydrogen-bond donors (Lipinski definition) is 2. The van der Waals surface area contributed by atoms with E-state index in [0.717, 1.165) is 5.56 Å². The van der Waals surface area contributed by atoms with Crippen molar-refractivity contribution < 1.29 is 14.7 Å². The largest absolute Gasteiger partial charge is 0.481 e. The van der Waals surface area contributed by atoms with Crippen LogP contribution in [0.2, 0.25) is 10.0 Å². The molecule has 0 aliphatic carbocycles. The van der Waals surface area contributed by atoms with Crippen molar-refractivity contribution in [3.05, 3.63) is 46.1 Å². The fraction of sp³-hybridized carbons (Fsp3) is 0.353. The minimum Gasteiger partial charge on any atom is -0.481 e. The number of hydrogen-bond acceptors (Lipinski definition) is 3. The second-order valence-electron chi connectivity index (χ2n) is 6.05. The van der Waals surface area contributed by atoms with Crippen LogP contribution in [0.4, 0.5) is 10.6 Å². The molecule has 140 valence electrons. The molecule has 26 heavy (non-hydrogen) atoms. The van der Waals surface area contributed by atoms with Crippen LogP contribution in [0.5, 0.6) is 0 Å². The number of aliphatic carboxylic acids is 1. The number of nitrogens with zero attached hydrogens (tertiary/aromatic N) is 3. The highest BCUT2D eigenvalue weighted by atomic mass is 35.5. The number of amides is 2. The fourth-order valence-electron chi connectivity index (χ4n) is 2.47. The summed E-state index contributed by atoms with van der Waals surface area (Å²) >= 11 is 12.3. The summed E-state index contributed by atoms with van der Waals surface area (Å²) in [5.41, 5.74) is 0.770. The van der Waals surface area contributed by atoms with Crippen LogP contribution in [-0.2, 0) is 4.79 Å². The average Bonchev–Trinajstić information content (AvgIpc) is 3.04. The minimum atomic E-state index is -0.959. The number of anilines is 1. The van der Waals surface area contributed by atoms with Crippen molar-refractivity contribution in [2.75, 3.05) is 18.9 Å². The number of carbonyl (C=O) groups is 2. The van der Waals surface area contributed by atoms with Crippen molar-refractivity contribution in [2.24, 2.45) is 5.92 Å². The highest BCUT2D eigenvalue weighted by Crippen LogP contribution is 2.30. The molecule has 1 aromatic heterocycles. The van der Waals surface area contributed by atoms with E-state index in [-0.39, 0.29) is 12.6 Å². The molecule has 1 heterocycles. The predicted octanol–water partition coefficient (Wildman–Crippen LogP) is 3.98. The molecule has 0 bridgehead atoms. The maximum atomic E-state index is 12.3. The van der Waals surface area contributed by atoms with Crippen LogP contribution in [0.25, 0.3) is 0 Å². The quantitative estimate of drug-likeness (QED) is 0.769. The number of carboxylic acid groups (broad SMARTS) is 1. The zero-order chi connectivity index (χ0) is 19.4. The Balaban J connectivity index is 2.16. The Morgan fingerprint density at radius 2 is 2.00 bits per heavy atom. The van der Waals surface area contributed by atoms with Gasteiger partial charge in [-0.3, -0.25) is 10.1 Å². The van der Waals surface area contributed by atoms with E-state index in [4.69, 9.17) is 28.3 Å². The van der Waals surface area contributed by atoms with Crippen molar-refractivity contribution in [1.29, 1.82) is 0 Å². The molecule has 2 atom stereocenters. The van der Waals surface area contributed by atoms with E-state index in [1.165, 1.54) is 11.9 Å². The van der Waals surface area contributed by atoms with Crippen molar-refractivity contribution >= 4 is 41.0 Å². The summed E-state index contributed by atoms with van der Waals surface area (Å²) in [6.45, 7) is 3.51. The summed E-state index contributed by atoms with van der Waals surface area (Å²) in [4.78, 5) is 24.6. The molecule has 0 saturated heterocycles. The highest BCUT2D eigenvalue weighted by molar-refractivity contribution is 6.33. The van der Waals surface area contributed by atoms with E-state index in [2.05, 4.69) is 10.4 Å². The van der Waals surface area contributed by atoms with Crippen LogP contribution in [0.3, 0.4) is 0 Å². The summed E-state index contributed by atoms with van der Waals surface area (Å²) in [6.07, 6.45) is 1.56. The Labute approximate surface area is 161 Å². The first kappa shape index (κ1) is 20.1. The topological polar surface area (TPSA) is 87.5 Å². The van der Waals surface area contributed by atoms with E-state index in [1.807, 2.05) is 6.92 Å². The lowest BCUT2D eigenvalue weighted by molar-refractivity contribution is -0.141. The highest BCUT2D eigenvalue weighted by Gasteiger charge is 2.20. The first-order valence-electron chi connectivity index (χ1n) is 7.94. The molecule has 9 heteroatoms. The molecule has 2 rings (SSSR count). The molecule has 0 saturated carbocycles. The Hall–Kier alpha value is -2.25. The third kappa shape index (κ3) is 4.68. The third-order valence-corrected chi connectivity index (χ3v) is 4.58. The van der Waals surface area contributed by atoms with Gasteiger partial charge in [-0.2, -0.15) is 5.10 Å². The van der Waals surface area contributed by atoms with Crippen molar-refractivity contribution in [3.63, 3.8) is 0 Å². The van der Waals surface area contributed by atoms with Crippen molar-refractivity contribution in [1.82, 2.24) is 14.7 Å². The van der Waals surface area contributed by atoms with Gasteiger partial charge < -0.3 is 10.0 Å². The maximum Gasteiger partial charge on any atom is 0.322 e. The normalized spacial score (nSPS) is 13.1. The molecule has 0 aliphatic rings. The molecule has 0 aliphatic heterocycles. The van der Waals surface area contributed by atoms with Crippen LogP contribution in [-0.4, -0.2) is 45.4 Å². The lowest BCUT2D eigenvalue weighted by Crippen LogP contribution is -2.37. The Kier molecular flexibility index (Phi) is 6.50. The summed E-state index contributed by atoms with van der Waals surface area (Å²) in [6, 6.07) is 6.12. The SMILES string of the molecule is CC(CN(C)C(=O)Nc1ccnn1C(C)c1cc(Cl)ccc1Cl)C(=O)O. The fourth-order valence-corrected chi connectivity index (χ4v) is 2.92. The summed E-state index contributed by atoms with van der Waals surface area (Å²) in [7, 11) is 1.53. The Bertz CT molecular complexity index is 809. The van der Waals surface area contributed by atoms with Gasteiger partial charge in [-0.25, -0.2) is 9.48 Å². The van der Waals surface area contributed by atoms with Gasteiger partial charge in [0.15, 0.2) is 0 Å². The van der Waals surface area contributed by atoms with Gasteiger partial charge in [-0.05, 0) is 30.7 Å². The number of nitrogens with one attached hydrogen (secondary N) is 1. The number of aromatic nitrogens is 2. The number of benzene rings is 1. The molecule has 2 aromatic rings. The van der Waals surface area contributed by atoms with Crippen LogP contribution < -0.4 is 5.32 Å².